The fraction of sp³-hybridized carbons (Fsp3) is 0.471. The molecule has 3 rings (SSSR count). The second kappa shape index (κ2) is 6.66. The van der Waals surface area contributed by atoms with Crippen molar-refractivity contribution in [3.05, 3.63) is 36.0 Å². The first-order valence-corrected chi connectivity index (χ1v) is 10.1. The highest BCUT2D eigenvalue weighted by Crippen LogP contribution is 2.22. The van der Waals surface area contributed by atoms with Crippen LogP contribution in [0.15, 0.2) is 30.5 Å². The van der Waals surface area contributed by atoms with Crippen LogP contribution in [0.5, 0.6) is 0 Å². The molecule has 2 aromatic rings. The van der Waals surface area contributed by atoms with Crippen LogP contribution in [0.3, 0.4) is 0 Å². The molecule has 1 unspecified atom stereocenters. The van der Waals surface area contributed by atoms with Crippen LogP contribution < -0.4 is 4.72 Å². The Morgan fingerprint density at radius 2 is 1.96 bits per heavy atom. The number of carbonyl (C=O) groups excluding carboxylic acids is 1. The van der Waals surface area contributed by atoms with Crippen molar-refractivity contribution in [2.24, 2.45) is 0 Å². The molecule has 1 atom stereocenters. The third-order valence-electron chi connectivity index (χ3n) is 4.69. The summed E-state index contributed by atoms with van der Waals surface area (Å²) in [6.45, 7) is 3.35. The van der Waals surface area contributed by atoms with Gasteiger partial charge >= 0.3 is 0 Å². The van der Waals surface area contributed by atoms with Crippen LogP contribution in [0.25, 0.3) is 10.9 Å². The molecular weight excluding hydrogens is 326 g/mol. The van der Waals surface area contributed by atoms with Gasteiger partial charge < -0.3 is 4.98 Å². The molecule has 1 aliphatic heterocycles. The zero-order chi connectivity index (χ0) is 17.3. The summed E-state index contributed by atoms with van der Waals surface area (Å²) < 4.78 is 25.3. The zero-order valence-corrected chi connectivity index (χ0v) is 14.8. The second-order valence-electron chi connectivity index (χ2n) is 6.49. The number of hydrogen-bond donors (Lipinski definition) is 2. The second-order valence-corrected chi connectivity index (χ2v) is 8.27. The minimum absolute atomic E-state index is 0.0355. The van der Waals surface area contributed by atoms with Crippen LogP contribution in [0, 0.1) is 0 Å². The Bertz CT molecular complexity index is 836. The largest absolute Gasteiger partial charge is 0.360 e. The molecule has 0 aliphatic carbocycles. The van der Waals surface area contributed by atoms with Crippen LogP contribution in [-0.2, 0) is 10.0 Å². The van der Waals surface area contributed by atoms with E-state index in [1.54, 1.807) is 6.20 Å². The maximum Gasteiger partial charge on any atom is 0.208 e. The molecular formula is C17H23N3O3S. The highest BCUT2D eigenvalue weighted by molar-refractivity contribution is 7.88. The van der Waals surface area contributed by atoms with E-state index in [2.05, 4.69) is 14.6 Å². The fourth-order valence-electron chi connectivity index (χ4n) is 3.37. The van der Waals surface area contributed by atoms with Gasteiger partial charge in [0.2, 0.25) is 10.0 Å². The van der Waals surface area contributed by atoms with Crippen LogP contribution in [0.2, 0.25) is 0 Å². The van der Waals surface area contributed by atoms with Crippen LogP contribution >= 0.6 is 0 Å². The van der Waals surface area contributed by atoms with Gasteiger partial charge in [-0.25, -0.2) is 13.1 Å². The molecule has 130 valence electrons. The van der Waals surface area contributed by atoms with E-state index in [4.69, 9.17) is 0 Å². The standard InChI is InChI=1S/C17H23N3O3S/c1-12(20-9-7-13(8-10-20)19-24(2,22)23)17(21)15-11-18-16-6-4-3-5-14(15)16/h3-6,11-13,18-19H,7-10H2,1-2H3. The molecule has 24 heavy (non-hydrogen) atoms. The minimum atomic E-state index is -3.18. The highest BCUT2D eigenvalue weighted by Gasteiger charge is 2.29. The van der Waals surface area contributed by atoms with Crippen LogP contribution in [0.1, 0.15) is 30.1 Å². The monoisotopic (exact) mass is 349 g/mol. The van der Waals surface area contributed by atoms with Crippen molar-refractivity contribution in [1.82, 2.24) is 14.6 Å². The van der Waals surface area contributed by atoms with Gasteiger partial charge in [0.15, 0.2) is 5.78 Å². The van der Waals surface area contributed by atoms with Crippen molar-refractivity contribution in [1.29, 1.82) is 0 Å². The first-order valence-electron chi connectivity index (χ1n) is 8.17. The average Bonchev–Trinajstić information content (AvgIpc) is 2.97. The number of fused-ring (bicyclic) bond motifs is 1. The Morgan fingerprint density at radius 3 is 2.62 bits per heavy atom. The van der Waals surface area contributed by atoms with Gasteiger partial charge in [0.05, 0.1) is 12.3 Å². The predicted molar refractivity (Wildman–Crippen MR) is 94.7 cm³/mol. The molecule has 6 nitrogen and oxygen atoms in total. The van der Waals surface area contributed by atoms with Crippen molar-refractivity contribution < 1.29 is 13.2 Å². The van der Waals surface area contributed by atoms with E-state index in [0.29, 0.717) is 13.1 Å². The number of rotatable bonds is 5. The number of likely N-dealkylation sites (tertiary alicyclic amines) is 1. The first-order chi connectivity index (χ1) is 11.3. The van der Waals surface area contributed by atoms with E-state index in [1.807, 2.05) is 31.2 Å². The molecule has 1 aromatic carbocycles. The number of hydrogen-bond acceptors (Lipinski definition) is 4. The SMILES string of the molecule is CC(C(=O)c1c[nH]c2ccccc12)N1CCC(NS(C)(=O)=O)CC1. The fourth-order valence-corrected chi connectivity index (χ4v) is 4.21. The normalized spacial score (nSPS) is 18.8. The Hall–Kier alpha value is -1.70. The lowest BCUT2D eigenvalue weighted by atomic mass is 9.99. The molecule has 0 saturated carbocycles. The van der Waals surface area contributed by atoms with E-state index in [-0.39, 0.29) is 17.9 Å². The number of Topliss-reactive ketones (excluding diaryl/α,β-unsaturated/α-hetero) is 1. The number of piperidine rings is 1. The number of carbonyl (C=O) groups is 1. The van der Waals surface area contributed by atoms with Crippen molar-refractivity contribution in [2.75, 3.05) is 19.3 Å². The summed E-state index contributed by atoms with van der Waals surface area (Å²) in [6.07, 6.45) is 4.40. The van der Waals surface area contributed by atoms with Gasteiger partial charge in [-0.05, 0) is 25.8 Å². The summed E-state index contributed by atoms with van der Waals surface area (Å²) in [4.78, 5) is 18.1. The lowest BCUT2D eigenvalue weighted by Crippen LogP contribution is -2.49. The van der Waals surface area contributed by atoms with Crippen molar-refractivity contribution in [3.63, 3.8) is 0 Å². The Balaban J connectivity index is 1.67. The number of aromatic nitrogens is 1. The van der Waals surface area contributed by atoms with Crippen molar-refractivity contribution >= 4 is 26.7 Å². The molecule has 0 amide bonds. The number of nitrogens with one attached hydrogen (secondary N) is 2. The van der Waals surface area contributed by atoms with Crippen molar-refractivity contribution in [3.8, 4) is 0 Å². The van der Waals surface area contributed by atoms with Gasteiger partial charge in [-0.1, -0.05) is 18.2 Å². The number of para-hydroxylation sites is 1. The zero-order valence-electron chi connectivity index (χ0n) is 14.0. The Labute approximate surface area is 142 Å². The van der Waals surface area contributed by atoms with Gasteiger partial charge in [-0.2, -0.15) is 0 Å². The highest BCUT2D eigenvalue weighted by atomic mass is 32.2. The molecule has 2 N–H and O–H groups in total. The third kappa shape index (κ3) is 3.68. The maximum absolute atomic E-state index is 12.9. The molecule has 1 saturated heterocycles. The number of sulfonamides is 1. The third-order valence-corrected chi connectivity index (χ3v) is 5.45. The molecule has 0 bridgehead atoms. The van der Waals surface area contributed by atoms with E-state index < -0.39 is 10.0 Å². The quantitative estimate of drug-likeness (QED) is 0.806. The van der Waals surface area contributed by atoms with E-state index in [0.717, 1.165) is 29.3 Å². The van der Waals surface area contributed by atoms with Gasteiger partial charge in [0.25, 0.3) is 0 Å². The lowest BCUT2D eigenvalue weighted by Gasteiger charge is -2.35. The lowest BCUT2D eigenvalue weighted by molar-refractivity contribution is 0.0795. The van der Waals surface area contributed by atoms with Gasteiger partial charge in [-0.3, -0.25) is 9.69 Å². The van der Waals surface area contributed by atoms with Crippen LogP contribution in [0.4, 0.5) is 0 Å². The van der Waals surface area contributed by atoms with Gasteiger partial charge in [0.1, 0.15) is 0 Å². The average molecular weight is 349 g/mol. The number of ketones is 1. The Kier molecular flexibility index (Phi) is 4.76. The summed E-state index contributed by atoms with van der Waals surface area (Å²) in [7, 11) is -3.18. The van der Waals surface area contributed by atoms with E-state index in [9.17, 15) is 13.2 Å². The van der Waals surface area contributed by atoms with Crippen LogP contribution in [-0.4, -0.2) is 55.5 Å². The molecule has 1 aliphatic rings. The van der Waals surface area contributed by atoms with Crippen molar-refractivity contribution in [2.45, 2.75) is 31.8 Å². The maximum atomic E-state index is 12.9. The molecule has 1 aromatic heterocycles. The topological polar surface area (TPSA) is 82.3 Å². The molecule has 2 heterocycles. The van der Waals surface area contributed by atoms with E-state index >= 15 is 0 Å². The van der Waals surface area contributed by atoms with Gasteiger partial charge in [0, 0.05) is 41.8 Å². The first kappa shape index (κ1) is 17.1. The smallest absolute Gasteiger partial charge is 0.208 e. The molecule has 0 radical (unpaired) electrons. The molecule has 1 fully saturated rings. The summed E-state index contributed by atoms with van der Waals surface area (Å²) in [5, 5.41) is 0.947. The molecule has 7 heteroatoms. The summed E-state index contributed by atoms with van der Waals surface area (Å²) in [5.74, 6) is 0.0990. The summed E-state index contributed by atoms with van der Waals surface area (Å²) >= 11 is 0. The number of nitrogens with zero attached hydrogens (tertiary/aromatic N) is 1. The summed E-state index contributed by atoms with van der Waals surface area (Å²) in [5.41, 5.74) is 1.68. The number of H-pyrrole nitrogens is 1. The summed E-state index contributed by atoms with van der Waals surface area (Å²) in [6, 6.07) is 7.53. The Morgan fingerprint density at radius 1 is 1.29 bits per heavy atom. The minimum Gasteiger partial charge on any atom is -0.360 e. The molecule has 0 spiro atoms. The van der Waals surface area contributed by atoms with E-state index in [1.165, 1.54) is 6.26 Å². The number of aromatic amines is 1. The van der Waals surface area contributed by atoms with Gasteiger partial charge in [-0.15, -0.1) is 0 Å². The number of benzene rings is 1. The predicted octanol–water partition coefficient (Wildman–Crippen LogP) is 1.75.